The second kappa shape index (κ2) is 8.16. The van der Waals surface area contributed by atoms with Crippen LogP contribution < -0.4 is 5.73 Å². The van der Waals surface area contributed by atoms with Crippen molar-refractivity contribution < 1.29 is 0 Å². The van der Waals surface area contributed by atoms with Gasteiger partial charge in [0, 0.05) is 18.6 Å². The molecule has 0 amide bonds. The zero-order chi connectivity index (χ0) is 13.5. The second-order valence-electron chi connectivity index (χ2n) is 6.88. The lowest BCUT2D eigenvalue weighted by molar-refractivity contribution is 0.144. The molecule has 1 aliphatic carbocycles. The Bertz CT molecular complexity index is 215. The van der Waals surface area contributed by atoms with Crippen LogP contribution in [0.15, 0.2) is 0 Å². The van der Waals surface area contributed by atoms with Gasteiger partial charge in [-0.2, -0.15) is 0 Å². The molecule has 1 saturated carbocycles. The van der Waals surface area contributed by atoms with E-state index in [0.717, 1.165) is 17.9 Å². The summed E-state index contributed by atoms with van der Waals surface area (Å²) in [5, 5.41) is 0. The van der Waals surface area contributed by atoms with Crippen molar-refractivity contribution in [3.05, 3.63) is 0 Å². The first-order valence-electron chi connectivity index (χ1n) is 7.94. The van der Waals surface area contributed by atoms with Gasteiger partial charge in [-0.05, 0) is 51.5 Å². The van der Waals surface area contributed by atoms with Crippen LogP contribution in [0.5, 0.6) is 0 Å². The number of hydrogen-bond acceptors (Lipinski definition) is 2. The van der Waals surface area contributed by atoms with E-state index in [1.807, 2.05) is 0 Å². The maximum Gasteiger partial charge on any atom is 0.00948 e. The van der Waals surface area contributed by atoms with Gasteiger partial charge in [0.1, 0.15) is 0 Å². The van der Waals surface area contributed by atoms with Crippen molar-refractivity contribution in [1.82, 2.24) is 4.90 Å². The molecule has 0 heterocycles. The summed E-state index contributed by atoms with van der Waals surface area (Å²) in [5.41, 5.74) is 5.80. The van der Waals surface area contributed by atoms with Crippen LogP contribution in [0.4, 0.5) is 0 Å². The van der Waals surface area contributed by atoms with Crippen LogP contribution in [-0.2, 0) is 0 Å². The molecular formula is C16H34N2. The van der Waals surface area contributed by atoms with Crippen molar-refractivity contribution in [2.75, 3.05) is 13.6 Å². The second-order valence-corrected chi connectivity index (χ2v) is 6.88. The van der Waals surface area contributed by atoms with Crippen LogP contribution >= 0.6 is 0 Å². The minimum absolute atomic E-state index is 0.370. The van der Waals surface area contributed by atoms with Crippen molar-refractivity contribution in [1.29, 1.82) is 0 Å². The molecule has 0 aromatic heterocycles. The summed E-state index contributed by atoms with van der Waals surface area (Å²) in [7, 11) is 2.32. The van der Waals surface area contributed by atoms with E-state index in [-0.39, 0.29) is 0 Å². The van der Waals surface area contributed by atoms with Crippen molar-refractivity contribution in [2.45, 2.75) is 77.8 Å². The lowest BCUT2D eigenvalue weighted by Gasteiger charge is -2.35. The Morgan fingerprint density at radius 1 is 1.22 bits per heavy atom. The molecule has 2 heteroatoms. The van der Waals surface area contributed by atoms with Crippen molar-refractivity contribution in [3.63, 3.8) is 0 Å². The molecule has 4 atom stereocenters. The summed E-state index contributed by atoms with van der Waals surface area (Å²) in [6, 6.07) is 1.21. The van der Waals surface area contributed by atoms with E-state index in [2.05, 4.69) is 32.7 Å². The topological polar surface area (TPSA) is 29.3 Å². The van der Waals surface area contributed by atoms with Crippen LogP contribution in [0.1, 0.15) is 65.7 Å². The van der Waals surface area contributed by atoms with Gasteiger partial charge >= 0.3 is 0 Å². The highest BCUT2D eigenvalue weighted by Crippen LogP contribution is 2.27. The first kappa shape index (κ1) is 16.0. The SMILES string of the molecule is CC(N)CCCC(C)CN(C)C1CCCC(C)C1. The van der Waals surface area contributed by atoms with E-state index in [0.29, 0.717) is 6.04 Å². The standard InChI is InChI=1S/C16H34N2/c1-13-7-6-10-16(11-13)18(4)12-14(2)8-5-9-15(3)17/h13-16H,5-12,17H2,1-4H3. The smallest absolute Gasteiger partial charge is 0.00948 e. The minimum Gasteiger partial charge on any atom is -0.328 e. The van der Waals surface area contributed by atoms with Crippen molar-refractivity contribution in [3.8, 4) is 0 Å². The first-order valence-corrected chi connectivity index (χ1v) is 7.94. The largest absolute Gasteiger partial charge is 0.328 e. The summed E-state index contributed by atoms with van der Waals surface area (Å²) in [6.45, 7) is 8.17. The van der Waals surface area contributed by atoms with Crippen molar-refractivity contribution in [2.24, 2.45) is 17.6 Å². The average molecular weight is 254 g/mol. The predicted octanol–water partition coefficient (Wildman–Crippen LogP) is 3.65. The molecule has 108 valence electrons. The Balaban J connectivity index is 2.19. The van der Waals surface area contributed by atoms with Gasteiger partial charge in [0.05, 0.1) is 0 Å². The number of hydrogen-bond donors (Lipinski definition) is 1. The maximum absolute atomic E-state index is 5.80. The first-order chi connectivity index (χ1) is 8.49. The summed E-state index contributed by atoms with van der Waals surface area (Å²) in [6.07, 6.45) is 9.47. The summed E-state index contributed by atoms with van der Waals surface area (Å²) in [4.78, 5) is 2.62. The van der Waals surface area contributed by atoms with Gasteiger partial charge < -0.3 is 10.6 Å². The zero-order valence-electron chi connectivity index (χ0n) is 13.0. The third-order valence-electron chi connectivity index (χ3n) is 4.49. The van der Waals surface area contributed by atoms with Crippen LogP contribution in [0, 0.1) is 11.8 Å². The van der Waals surface area contributed by atoms with E-state index in [9.17, 15) is 0 Å². The Morgan fingerprint density at radius 3 is 2.56 bits per heavy atom. The fourth-order valence-electron chi connectivity index (χ4n) is 3.32. The van der Waals surface area contributed by atoms with Gasteiger partial charge in [-0.15, -0.1) is 0 Å². The molecule has 1 aliphatic rings. The van der Waals surface area contributed by atoms with Crippen LogP contribution in [0.25, 0.3) is 0 Å². The van der Waals surface area contributed by atoms with Crippen LogP contribution in [-0.4, -0.2) is 30.6 Å². The number of rotatable bonds is 7. The molecule has 0 bridgehead atoms. The fraction of sp³-hybridized carbons (Fsp3) is 1.00. The van der Waals surface area contributed by atoms with E-state index in [1.54, 1.807) is 0 Å². The molecular weight excluding hydrogens is 220 g/mol. The molecule has 0 spiro atoms. The normalized spacial score (nSPS) is 28.3. The molecule has 0 aromatic rings. The van der Waals surface area contributed by atoms with Gasteiger partial charge in [0.15, 0.2) is 0 Å². The summed E-state index contributed by atoms with van der Waals surface area (Å²) in [5.74, 6) is 1.74. The molecule has 1 fully saturated rings. The van der Waals surface area contributed by atoms with Gasteiger partial charge in [-0.25, -0.2) is 0 Å². The molecule has 4 unspecified atom stereocenters. The average Bonchev–Trinajstić information content (AvgIpc) is 2.28. The third-order valence-corrected chi connectivity index (χ3v) is 4.49. The monoisotopic (exact) mass is 254 g/mol. The van der Waals surface area contributed by atoms with E-state index < -0.39 is 0 Å². The molecule has 18 heavy (non-hydrogen) atoms. The van der Waals surface area contributed by atoms with Crippen LogP contribution in [0.3, 0.4) is 0 Å². The third kappa shape index (κ3) is 6.19. The Kier molecular flexibility index (Phi) is 7.25. The minimum atomic E-state index is 0.370. The van der Waals surface area contributed by atoms with Gasteiger partial charge in [0.2, 0.25) is 0 Å². The zero-order valence-corrected chi connectivity index (χ0v) is 13.0. The van der Waals surface area contributed by atoms with Crippen LogP contribution in [0.2, 0.25) is 0 Å². The highest BCUT2D eigenvalue weighted by atomic mass is 15.1. The summed E-state index contributed by atoms with van der Waals surface area (Å²) < 4.78 is 0. The molecule has 2 nitrogen and oxygen atoms in total. The van der Waals surface area contributed by atoms with Gasteiger partial charge in [-0.3, -0.25) is 0 Å². The summed E-state index contributed by atoms with van der Waals surface area (Å²) >= 11 is 0. The highest BCUT2D eigenvalue weighted by molar-refractivity contribution is 4.78. The fourth-order valence-corrected chi connectivity index (χ4v) is 3.32. The predicted molar refractivity (Wildman–Crippen MR) is 80.7 cm³/mol. The Morgan fingerprint density at radius 2 is 1.94 bits per heavy atom. The van der Waals surface area contributed by atoms with E-state index >= 15 is 0 Å². The van der Waals surface area contributed by atoms with E-state index in [4.69, 9.17) is 5.73 Å². The van der Waals surface area contributed by atoms with Gasteiger partial charge in [-0.1, -0.05) is 33.1 Å². The Hall–Kier alpha value is -0.0800. The molecule has 1 rings (SSSR count). The quantitative estimate of drug-likeness (QED) is 0.751. The lowest BCUT2D eigenvalue weighted by Crippen LogP contribution is -2.38. The maximum atomic E-state index is 5.80. The molecule has 0 aromatic carbocycles. The molecule has 2 N–H and O–H groups in total. The number of nitrogens with two attached hydrogens (primary N) is 1. The molecule has 0 aliphatic heterocycles. The van der Waals surface area contributed by atoms with Crippen molar-refractivity contribution >= 4 is 0 Å². The van der Waals surface area contributed by atoms with Gasteiger partial charge in [0.25, 0.3) is 0 Å². The molecule has 0 saturated heterocycles. The number of nitrogens with zero attached hydrogens (tertiary/aromatic N) is 1. The lowest BCUT2D eigenvalue weighted by atomic mass is 9.86. The highest BCUT2D eigenvalue weighted by Gasteiger charge is 2.23. The molecule has 0 radical (unpaired) electrons. The van der Waals surface area contributed by atoms with E-state index in [1.165, 1.54) is 51.5 Å². The Labute approximate surface area is 114 Å².